The molecule has 1 heterocycles. The zero-order valence-corrected chi connectivity index (χ0v) is 11.4. The summed E-state index contributed by atoms with van der Waals surface area (Å²) in [6.07, 6.45) is 1.14. The highest BCUT2D eigenvalue weighted by Gasteiger charge is 2.14. The average Bonchev–Trinajstić information content (AvgIpc) is 2.59. The molecule has 104 valence electrons. The number of fused-ring (bicyclic) bond motifs is 1. The normalized spacial score (nSPS) is 11.9. The van der Waals surface area contributed by atoms with E-state index in [-0.39, 0.29) is 24.0 Å². The number of halogens is 1. The van der Waals surface area contributed by atoms with E-state index >= 15 is 0 Å². The Morgan fingerprint density at radius 2 is 2.16 bits per heavy atom. The quantitative estimate of drug-likeness (QED) is 0.899. The summed E-state index contributed by atoms with van der Waals surface area (Å²) in [6, 6.07) is 2.66. The standard InChI is InChI=1S/C11H14FN3O3S/c1-18-10-6-9-8(5-7(10)12)14-11(13)15(9)3-4-19(2,16)17/h5-6H,3-4H2,1-2H3,(H2,13,14). The van der Waals surface area contributed by atoms with Crippen molar-refractivity contribution in [2.24, 2.45) is 0 Å². The van der Waals surface area contributed by atoms with Crippen LogP contribution < -0.4 is 10.5 Å². The molecule has 0 saturated carbocycles. The number of nitrogens with two attached hydrogens (primary N) is 1. The molecule has 2 rings (SSSR count). The highest BCUT2D eigenvalue weighted by Crippen LogP contribution is 2.26. The number of nitrogen functional groups attached to an aromatic ring is 1. The third-order valence-corrected chi connectivity index (χ3v) is 3.66. The topological polar surface area (TPSA) is 87.2 Å². The lowest BCUT2D eigenvalue weighted by atomic mass is 10.3. The number of rotatable bonds is 4. The number of ether oxygens (including phenoxy) is 1. The number of aromatic nitrogens is 2. The molecule has 0 saturated heterocycles. The molecule has 0 amide bonds. The SMILES string of the molecule is COc1cc2c(cc1F)nc(N)n2CCS(C)(=O)=O. The molecular formula is C11H14FN3O3S. The Morgan fingerprint density at radius 3 is 2.74 bits per heavy atom. The van der Waals surface area contributed by atoms with Gasteiger partial charge in [-0.15, -0.1) is 0 Å². The van der Waals surface area contributed by atoms with E-state index in [1.54, 1.807) is 0 Å². The Balaban J connectivity index is 2.51. The van der Waals surface area contributed by atoms with Crippen LogP contribution in [0.2, 0.25) is 0 Å². The Kier molecular flexibility index (Phi) is 3.36. The molecule has 0 spiro atoms. The lowest BCUT2D eigenvalue weighted by Crippen LogP contribution is -2.13. The lowest BCUT2D eigenvalue weighted by molar-refractivity contribution is 0.387. The van der Waals surface area contributed by atoms with Gasteiger partial charge in [0.15, 0.2) is 11.6 Å². The molecule has 0 aliphatic heterocycles. The number of methoxy groups -OCH3 is 1. The third kappa shape index (κ3) is 2.78. The van der Waals surface area contributed by atoms with Crippen molar-refractivity contribution >= 4 is 26.8 Å². The van der Waals surface area contributed by atoms with Crippen molar-refractivity contribution in [1.29, 1.82) is 0 Å². The Labute approximate surface area is 109 Å². The number of anilines is 1. The second-order valence-electron chi connectivity index (χ2n) is 4.23. The smallest absolute Gasteiger partial charge is 0.201 e. The molecule has 0 unspecified atom stereocenters. The fourth-order valence-electron chi connectivity index (χ4n) is 1.79. The molecule has 1 aromatic heterocycles. The summed E-state index contributed by atoms with van der Waals surface area (Å²) < 4.78 is 42.3. The molecule has 0 fully saturated rings. The zero-order valence-electron chi connectivity index (χ0n) is 10.6. The predicted molar refractivity (Wildman–Crippen MR) is 70.4 cm³/mol. The van der Waals surface area contributed by atoms with Crippen molar-refractivity contribution in [3.05, 3.63) is 17.9 Å². The number of nitrogens with zero attached hydrogens (tertiary/aromatic N) is 2. The van der Waals surface area contributed by atoms with E-state index in [2.05, 4.69) is 4.98 Å². The number of hydrogen-bond acceptors (Lipinski definition) is 5. The molecule has 2 N–H and O–H groups in total. The highest BCUT2D eigenvalue weighted by molar-refractivity contribution is 7.90. The van der Waals surface area contributed by atoms with Crippen molar-refractivity contribution in [1.82, 2.24) is 9.55 Å². The van der Waals surface area contributed by atoms with Crippen LogP contribution in [0, 0.1) is 5.82 Å². The second-order valence-corrected chi connectivity index (χ2v) is 6.49. The van der Waals surface area contributed by atoms with Crippen LogP contribution in [-0.2, 0) is 16.4 Å². The van der Waals surface area contributed by atoms with Crippen LogP contribution in [0.25, 0.3) is 11.0 Å². The first-order valence-electron chi connectivity index (χ1n) is 5.49. The minimum absolute atomic E-state index is 0.0630. The van der Waals surface area contributed by atoms with E-state index in [0.29, 0.717) is 11.0 Å². The zero-order chi connectivity index (χ0) is 14.2. The highest BCUT2D eigenvalue weighted by atomic mass is 32.2. The van der Waals surface area contributed by atoms with Crippen molar-refractivity contribution in [3.8, 4) is 5.75 Å². The molecule has 0 atom stereocenters. The minimum atomic E-state index is -3.12. The van der Waals surface area contributed by atoms with Gasteiger partial charge in [-0.2, -0.15) is 0 Å². The lowest BCUT2D eigenvalue weighted by Gasteiger charge is -2.06. The van der Waals surface area contributed by atoms with Crippen LogP contribution in [-0.4, -0.2) is 37.1 Å². The molecule has 19 heavy (non-hydrogen) atoms. The monoisotopic (exact) mass is 287 g/mol. The van der Waals surface area contributed by atoms with E-state index in [0.717, 1.165) is 6.26 Å². The van der Waals surface area contributed by atoms with Crippen LogP contribution in [0.4, 0.5) is 10.3 Å². The number of aryl methyl sites for hydroxylation is 1. The largest absolute Gasteiger partial charge is 0.494 e. The molecule has 0 aliphatic rings. The van der Waals surface area contributed by atoms with Crippen LogP contribution >= 0.6 is 0 Å². The summed E-state index contributed by atoms with van der Waals surface area (Å²) in [4.78, 5) is 4.00. The Hall–Kier alpha value is -1.83. The van der Waals surface area contributed by atoms with Gasteiger partial charge in [0.2, 0.25) is 5.95 Å². The van der Waals surface area contributed by atoms with Crippen LogP contribution in [0.15, 0.2) is 12.1 Å². The maximum absolute atomic E-state index is 13.5. The first kappa shape index (κ1) is 13.6. The number of sulfone groups is 1. The molecule has 2 aromatic rings. The van der Waals surface area contributed by atoms with E-state index in [1.807, 2.05) is 0 Å². The van der Waals surface area contributed by atoms with Gasteiger partial charge < -0.3 is 15.0 Å². The fraction of sp³-hybridized carbons (Fsp3) is 0.364. The van der Waals surface area contributed by atoms with Gasteiger partial charge in [-0.05, 0) is 0 Å². The van der Waals surface area contributed by atoms with E-state index < -0.39 is 15.7 Å². The van der Waals surface area contributed by atoms with Gasteiger partial charge in [0.1, 0.15) is 9.84 Å². The van der Waals surface area contributed by atoms with Gasteiger partial charge in [0.05, 0.1) is 23.9 Å². The average molecular weight is 287 g/mol. The van der Waals surface area contributed by atoms with E-state index in [9.17, 15) is 12.8 Å². The third-order valence-electron chi connectivity index (χ3n) is 2.74. The molecule has 1 aromatic carbocycles. The van der Waals surface area contributed by atoms with Crippen LogP contribution in [0.5, 0.6) is 5.75 Å². The Morgan fingerprint density at radius 1 is 1.47 bits per heavy atom. The predicted octanol–water partition coefficient (Wildman–Crippen LogP) is 0.811. The molecule has 0 bridgehead atoms. The number of imidazole rings is 1. The Bertz CT molecular complexity index is 724. The summed E-state index contributed by atoms with van der Waals surface area (Å²) in [5, 5.41) is 0. The number of hydrogen-bond donors (Lipinski definition) is 1. The van der Waals surface area contributed by atoms with Crippen LogP contribution in [0.1, 0.15) is 0 Å². The van der Waals surface area contributed by atoms with E-state index in [1.165, 1.54) is 23.8 Å². The summed E-state index contributed by atoms with van der Waals surface area (Å²) in [5.41, 5.74) is 6.62. The second kappa shape index (κ2) is 4.69. The van der Waals surface area contributed by atoms with Gasteiger partial charge >= 0.3 is 0 Å². The summed E-state index contributed by atoms with van der Waals surface area (Å²) in [6.45, 7) is 0.163. The molecule has 8 heteroatoms. The molecule has 0 aliphatic carbocycles. The summed E-state index contributed by atoms with van der Waals surface area (Å²) >= 11 is 0. The van der Waals surface area contributed by atoms with Crippen molar-refractivity contribution < 1.29 is 17.5 Å². The maximum atomic E-state index is 13.5. The van der Waals surface area contributed by atoms with Crippen molar-refractivity contribution in [2.45, 2.75) is 6.54 Å². The van der Waals surface area contributed by atoms with Gasteiger partial charge in [0.25, 0.3) is 0 Å². The summed E-state index contributed by atoms with van der Waals surface area (Å²) in [5.74, 6) is -0.399. The fourth-order valence-corrected chi connectivity index (χ4v) is 2.31. The van der Waals surface area contributed by atoms with Crippen LogP contribution in [0.3, 0.4) is 0 Å². The van der Waals surface area contributed by atoms with Gasteiger partial charge in [0, 0.05) is 24.9 Å². The minimum Gasteiger partial charge on any atom is -0.494 e. The van der Waals surface area contributed by atoms with Gasteiger partial charge in [-0.25, -0.2) is 17.8 Å². The molecule has 0 radical (unpaired) electrons. The van der Waals surface area contributed by atoms with Crippen molar-refractivity contribution in [3.63, 3.8) is 0 Å². The summed E-state index contributed by atoms with van der Waals surface area (Å²) in [7, 11) is -1.77. The van der Waals surface area contributed by atoms with Gasteiger partial charge in [-0.1, -0.05) is 0 Å². The van der Waals surface area contributed by atoms with Crippen molar-refractivity contribution in [2.75, 3.05) is 24.9 Å². The first-order chi connectivity index (χ1) is 8.81. The maximum Gasteiger partial charge on any atom is 0.201 e. The molecule has 6 nitrogen and oxygen atoms in total. The van der Waals surface area contributed by atoms with E-state index in [4.69, 9.17) is 10.5 Å². The molecular weight excluding hydrogens is 273 g/mol. The number of benzene rings is 1. The first-order valence-corrected chi connectivity index (χ1v) is 7.55. The van der Waals surface area contributed by atoms with Gasteiger partial charge in [-0.3, -0.25) is 0 Å².